The highest BCUT2D eigenvalue weighted by atomic mass is 16.5. The van der Waals surface area contributed by atoms with Crippen molar-refractivity contribution in [2.45, 2.75) is 27.3 Å². The Balaban J connectivity index is 1.74. The molecule has 2 N–H and O–H groups in total. The van der Waals surface area contributed by atoms with Gasteiger partial charge in [0.15, 0.2) is 6.73 Å². The zero-order chi connectivity index (χ0) is 15.9. The average molecular weight is 298 g/mol. The third kappa shape index (κ3) is 4.52. The third-order valence-electron chi connectivity index (χ3n) is 3.59. The highest BCUT2D eigenvalue weighted by molar-refractivity contribution is 5.73. The lowest BCUT2D eigenvalue weighted by molar-refractivity contribution is 0.223. The van der Waals surface area contributed by atoms with Gasteiger partial charge in [0, 0.05) is 6.54 Å². The second-order valence-electron chi connectivity index (χ2n) is 5.33. The van der Waals surface area contributed by atoms with Crippen molar-refractivity contribution in [1.82, 2.24) is 10.6 Å². The van der Waals surface area contributed by atoms with Crippen LogP contribution in [0.15, 0.2) is 42.5 Å². The quantitative estimate of drug-likeness (QED) is 0.831. The topological polar surface area (TPSA) is 50.4 Å². The molecule has 4 heteroatoms. The maximum Gasteiger partial charge on any atom is 0.317 e. The van der Waals surface area contributed by atoms with Gasteiger partial charge in [0.25, 0.3) is 0 Å². The van der Waals surface area contributed by atoms with Gasteiger partial charge in [-0.1, -0.05) is 42.0 Å². The number of hydrogen-bond acceptors (Lipinski definition) is 2. The van der Waals surface area contributed by atoms with E-state index in [1.165, 1.54) is 11.1 Å². The summed E-state index contributed by atoms with van der Waals surface area (Å²) < 4.78 is 5.58. The molecule has 0 aliphatic heterocycles. The fraction of sp³-hybridized carbons (Fsp3) is 0.278. The summed E-state index contributed by atoms with van der Waals surface area (Å²) in [4.78, 5) is 11.7. The Bertz CT molecular complexity index is 636. The van der Waals surface area contributed by atoms with Crippen molar-refractivity contribution in [3.63, 3.8) is 0 Å². The summed E-state index contributed by atoms with van der Waals surface area (Å²) in [6, 6.07) is 13.7. The van der Waals surface area contributed by atoms with Crippen LogP contribution in [0.2, 0.25) is 0 Å². The first-order chi connectivity index (χ1) is 10.6. The molecule has 0 saturated heterocycles. The minimum Gasteiger partial charge on any atom is -0.473 e. The number of carbonyl (C=O) groups excluding carboxylic acids is 1. The van der Waals surface area contributed by atoms with Gasteiger partial charge in [-0.15, -0.1) is 0 Å². The lowest BCUT2D eigenvalue weighted by Gasteiger charge is -2.12. The van der Waals surface area contributed by atoms with Crippen molar-refractivity contribution in [1.29, 1.82) is 0 Å². The molecule has 2 amide bonds. The predicted molar refractivity (Wildman–Crippen MR) is 88.0 cm³/mol. The molecule has 0 aliphatic rings. The Labute approximate surface area is 131 Å². The molecular weight excluding hydrogens is 276 g/mol. The second-order valence-corrected chi connectivity index (χ2v) is 5.33. The Kier molecular flexibility index (Phi) is 5.42. The molecule has 0 bridgehead atoms. The highest BCUT2D eigenvalue weighted by Gasteiger charge is 2.03. The van der Waals surface area contributed by atoms with Crippen LogP contribution in [0.1, 0.15) is 22.3 Å². The van der Waals surface area contributed by atoms with Crippen LogP contribution in [0.25, 0.3) is 0 Å². The molecule has 0 fully saturated rings. The summed E-state index contributed by atoms with van der Waals surface area (Å²) >= 11 is 0. The molecule has 2 aromatic carbocycles. The number of benzene rings is 2. The molecule has 22 heavy (non-hydrogen) atoms. The van der Waals surface area contributed by atoms with Crippen molar-refractivity contribution in [3.8, 4) is 5.75 Å². The van der Waals surface area contributed by atoms with Crippen molar-refractivity contribution in [2.24, 2.45) is 0 Å². The number of hydrogen-bond donors (Lipinski definition) is 2. The van der Waals surface area contributed by atoms with Crippen molar-refractivity contribution in [3.05, 3.63) is 64.7 Å². The standard InChI is InChI=1S/C18H22N2O2/c1-13-7-9-16(10-8-13)11-19-18(21)20-12-22-17-6-4-5-14(2)15(17)3/h4-10H,11-12H2,1-3H3,(H2,19,20,21). The van der Waals surface area contributed by atoms with E-state index in [1.807, 2.05) is 63.2 Å². The average Bonchev–Trinajstić information content (AvgIpc) is 2.51. The van der Waals surface area contributed by atoms with Crippen LogP contribution >= 0.6 is 0 Å². The summed E-state index contributed by atoms with van der Waals surface area (Å²) in [5.41, 5.74) is 4.53. The van der Waals surface area contributed by atoms with E-state index in [9.17, 15) is 4.79 Å². The van der Waals surface area contributed by atoms with E-state index >= 15 is 0 Å². The number of carbonyl (C=O) groups is 1. The second kappa shape index (κ2) is 7.50. The minimum absolute atomic E-state index is 0.143. The fourth-order valence-electron chi connectivity index (χ4n) is 2.01. The first-order valence-corrected chi connectivity index (χ1v) is 7.32. The van der Waals surface area contributed by atoms with Crippen LogP contribution in [-0.4, -0.2) is 12.8 Å². The molecule has 0 aromatic heterocycles. The SMILES string of the molecule is Cc1ccc(CNC(=O)NCOc2cccc(C)c2C)cc1. The van der Waals surface area contributed by atoms with Gasteiger partial charge in [-0.3, -0.25) is 0 Å². The molecule has 4 nitrogen and oxygen atoms in total. The van der Waals surface area contributed by atoms with Gasteiger partial charge < -0.3 is 15.4 Å². The van der Waals surface area contributed by atoms with Gasteiger partial charge in [-0.05, 0) is 43.5 Å². The number of nitrogens with one attached hydrogen (secondary N) is 2. The third-order valence-corrected chi connectivity index (χ3v) is 3.59. The first-order valence-electron chi connectivity index (χ1n) is 7.32. The first kappa shape index (κ1) is 15.9. The largest absolute Gasteiger partial charge is 0.473 e. The van der Waals surface area contributed by atoms with Crippen LogP contribution in [-0.2, 0) is 6.54 Å². The Hall–Kier alpha value is -2.49. The van der Waals surface area contributed by atoms with Gasteiger partial charge in [0.2, 0.25) is 0 Å². The highest BCUT2D eigenvalue weighted by Crippen LogP contribution is 2.19. The number of ether oxygens (including phenoxy) is 1. The fourth-order valence-corrected chi connectivity index (χ4v) is 2.01. The molecular formula is C18H22N2O2. The Morgan fingerprint density at radius 1 is 1.00 bits per heavy atom. The van der Waals surface area contributed by atoms with Gasteiger partial charge in [-0.2, -0.15) is 0 Å². The molecule has 0 saturated carbocycles. The summed E-state index contributed by atoms with van der Waals surface area (Å²) in [5.74, 6) is 0.791. The number of aryl methyl sites for hydroxylation is 2. The van der Waals surface area contributed by atoms with Crippen LogP contribution in [0.4, 0.5) is 4.79 Å². The zero-order valence-corrected chi connectivity index (χ0v) is 13.3. The summed E-state index contributed by atoms with van der Waals surface area (Å²) in [6.07, 6.45) is 0. The van der Waals surface area contributed by atoms with Gasteiger partial charge in [0.1, 0.15) is 5.75 Å². The number of urea groups is 1. The molecule has 0 radical (unpaired) electrons. The van der Waals surface area contributed by atoms with Crippen LogP contribution in [0.5, 0.6) is 5.75 Å². The van der Waals surface area contributed by atoms with Crippen LogP contribution in [0, 0.1) is 20.8 Å². The molecule has 0 spiro atoms. The normalized spacial score (nSPS) is 10.1. The molecule has 0 heterocycles. The van der Waals surface area contributed by atoms with Gasteiger partial charge in [-0.25, -0.2) is 4.79 Å². The van der Waals surface area contributed by atoms with Crippen molar-refractivity contribution < 1.29 is 9.53 Å². The number of amides is 2. The lowest BCUT2D eigenvalue weighted by atomic mass is 10.1. The van der Waals surface area contributed by atoms with E-state index in [-0.39, 0.29) is 12.8 Å². The molecule has 0 unspecified atom stereocenters. The maximum absolute atomic E-state index is 11.7. The van der Waals surface area contributed by atoms with Crippen molar-refractivity contribution in [2.75, 3.05) is 6.73 Å². The lowest BCUT2D eigenvalue weighted by Crippen LogP contribution is -2.37. The summed E-state index contributed by atoms with van der Waals surface area (Å²) in [6.45, 7) is 6.71. The van der Waals surface area contributed by atoms with Gasteiger partial charge >= 0.3 is 6.03 Å². The molecule has 2 rings (SSSR count). The van der Waals surface area contributed by atoms with E-state index in [0.29, 0.717) is 6.54 Å². The molecule has 0 aliphatic carbocycles. The van der Waals surface area contributed by atoms with E-state index in [0.717, 1.165) is 16.9 Å². The molecule has 116 valence electrons. The Morgan fingerprint density at radius 2 is 1.73 bits per heavy atom. The van der Waals surface area contributed by atoms with Gasteiger partial charge in [0.05, 0.1) is 0 Å². The van der Waals surface area contributed by atoms with E-state index in [4.69, 9.17) is 4.74 Å². The smallest absolute Gasteiger partial charge is 0.317 e. The summed E-state index contributed by atoms with van der Waals surface area (Å²) in [5, 5.41) is 5.49. The van der Waals surface area contributed by atoms with Crippen LogP contribution in [0.3, 0.4) is 0 Å². The summed E-state index contributed by atoms with van der Waals surface area (Å²) in [7, 11) is 0. The predicted octanol–water partition coefficient (Wildman–Crippen LogP) is 3.45. The molecule has 0 atom stereocenters. The maximum atomic E-state index is 11.7. The molecule has 2 aromatic rings. The van der Waals surface area contributed by atoms with E-state index in [1.54, 1.807) is 0 Å². The number of rotatable bonds is 5. The van der Waals surface area contributed by atoms with Crippen LogP contribution < -0.4 is 15.4 Å². The zero-order valence-electron chi connectivity index (χ0n) is 13.3. The van der Waals surface area contributed by atoms with Crippen molar-refractivity contribution >= 4 is 6.03 Å². The van der Waals surface area contributed by atoms with E-state index in [2.05, 4.69) is 10.6 Å². The minimum atomic E-state index is -0.245. The Morgan fingerprint density at radius 3 is 2.45 bits per heavy atom. The van der Waals surface area contributed by atoms with E-state index < -0.39 is 0 Å². The monoisotopic (exact) mass is 298 g/mol.